The lowest BCUT2D eigenvalue weighted by molar-refractivity contribution is -0.138. The number of benzene rings is 1. The summed E-state index contributed by atoms with van der Waals surface area (Å²) in [4.78, 5) is 10.7. The normalized spacial score (nSPS) is 23.6. The van der Waals surface area contributed by atoms with Crippen LogP contribution in [0.25, 0.3) is 0 Å². The zero-order valence-electron chi connectivity index (χ0n) is 8.24. The van der Waals surface area contributed by atoms with Gasteiger partial charge in [0.15, 0.2) is 0 Å². The second-order valence-corrected chi connectivity index (χ2v) is 3.67. The van der Waals surface area contributed by atoms with Crippen molar-refractivity contribution in [2.45, 2.75) is 12.3 Å². The molecule has 0 aliphatic heterocycles. The standard InChI is InChI=1S/C11H11FO3/c1-15-6-2-3-10(12)8(4-6)7-5-9(7)11(13)14/h2-4,7,9H,5H2,1H3,(H,13,14)/t7-,9+/m0/s1. The summed E-state index contributed by atoms with van der Waals surface area (Å²) in [7, 11) is 1.50. The first-order chi connectivity index (χ1) is 7.13. The second kappa shape index (κ2) is 3.53. The minimum atomic E-state index is -0.859. The van der Waals surface area contributed by atoms with Crippen LogP contribution in [-0.4, -0.2) is 18.2 Å². The number of carboxylic acid groups (broad SMARTS) is 1. The molecule has 0 heterocycles. The highest BCUT2D eigenvalue weighted by atomic mass is 19.1. The van der Waals surface area contributed by atoms with E-state index in [9.17, 15) is 9.18 Å². The van der Waals surface area contributed by atoms with E-state index in [2.05, 4.69) is 0 Å². The maximum Gasteiger partial charge on any atom is 0.307 e. The molecule has 0 bridgehead atoms. The molecular weight excluding hydrogens is 199 g/mol. The molecule has 2 rings (SSSR count). The van der Waals surface area contributed by atoms with E-state index < -0.39 is 11.9 Å². The zero-order chi connectivity index (χ0) is 11.0. The molecule has 2 atom stereocenters. The fourth-order valence-corrected chi connectivity index (χ4v) is 1.74. The summed E-state index contributed by atoms with van der Waals surface area (Å²) in [5.74, 6) is -1.29. The van der Waals surface area contributed by atoms with E-state index in [1.807, 2.05) is 0 Å². The molecule has 1 aliphatic carbocycles. The fraction of sp³-hybridized carbons (Fsp3) is 0.364. The van der Waals surface area contributed by atoms with Crippen LogP contribution in [-0.2, 0) is 4.79 Å². The summed E-state index contributed by atoms with van der Waals surface area (Å²) in [5, 5.41) is 8.75. The van der Waals surface area contributed by atoms with Gasteiger partial charge < -0.3 is 9.84 Å². The molecule has 0 unspecified atom stereocenters. The maximum atomic E-state index is 13.4. The molecule has 3 nitrogen and oxygen atoms in total. The predicted molar refractivity (Wildman–Crippen MR) is 51.4 cm³/mol. The van der Waals surface area contributed by atoms with Gasteiger partial charge in [0.1, 0.15) is 11.6 Å². The van der Waals surface area contributed by atoms with Gasteiger partial charge in [-0.1, -0.05) is 0 Å². The van der Waals surface area contributed by atoms with Crippen LogP contribution in [0, 0.1) is 11.7 Å². The summed E-state index contributed by atoms with van der Waals surface area (Å²) in [6.07, 6.45) is 0.513. The summed E-state index contributed by atoms with van der Waals surface area (Å²) in [6, 6.07) is 4.41. The molecule has 80 valence electrons. The van der Waals surface area contributed by atoms with Gasteiger partial charge in [-0.2, -0.15) is 0 Å². The van der Waals surface area contributed by atoms with Crippen LogP contribution in [0.15, 0.2) is 18.2 Å². The van der Waals surface area contributed by atoms with Gasteiger partial charge in [-0.25, -0.2) is 4.39 Å². The maximum absolute atomic E-state index is 13.4. The third-order valence-corrected chi connectivity index (χ3v) is 2.71. The highest BCUT2D eigenvalue weighted by Gasteiger charge is 2.45. The lowest BCUT2D eigenvalue weighted by Gasteiger charge is -2.04. The molecule has 0 aromatic heterocycles. The Kier molecular flexibility index (Phi) is 2.34. The van der Waals surface area contributed by atoms with Gasteiger partial charge in [0.2, 0.25) is 0 Å². The third-order valence-electron chi connectivity index (χ3n) is 2.71. The summed E-state index contributed by atoms with van der Waals surface area (Å²) in [6.45, 7) is 0. The minimum absolute atomic E-state index is 0.197. The van der Waals surface area contributed by atoms with Crippen LogP contribution < -0.4 is 4.74 Å². The van der Waals surface area contributed by atoms with E-state index in [-0.39, 0.29) is 11.7 Å². The Morgan fingerprint density at radius 2 is 2.33 bits per heavy atom. The van der Waals surface area contributed by atoms with Crippen LogP contribution in [0.4, 0.5) is 4.39 Å². The van der Waals surface area contributed by atoms with E-state index in [0.717, 1.165) is 0 Å². The van der Waals surface area contributed by atoms with Gasteiger partial charge in [0.25, 0.3) is 0 Å². The lowest BCUT2D eigenvalue weighted by atomic mass is 10.1. The van der Waals surface area contributed by atoms with Gasteiger partial charge >= 0.3 is 5.97 Å². The molecule has 1 fully saturated rings. The molecule has 0 spiro atoms. The Hall–Kier alpha value is -1.58. The SMILES string of the molecule is COc1ccc(F)c([C@@H]2C[C@H]2C(=O)O)c1. The fourth-order valence-electron chi connectivity index (χ4n) is 1.74. The first kappa shape index (κ1) is 9.96. The van der Waals surface area contributed by atoms with Crippen molar-refractivity contribution in [3.63, 3.8) is 0 Å². The third kappa shape index (κ3) is 1.79. The molecule has 1 saturated carbocycles. The van der Waals surface area contributed by atoms with Crippen molar-refractivity contribution < 1.29 is 19.0 Å². The van der Waals surface area contributed by atoms with Gasteiger partial charge in [-0.3, -0.25) is 4.79 Å². The van der Waals surface area contributed by atoms with Crippen molar-refractivity contribution in [2.75, 3.05) is 7.11 Å². The number of ether oxygens (including phenoxy) is 1. The van der Waals surface area contributed by atoms with Gasteiger partial charge in [0.05, 0.1) is 13.0 Å². The van der Waals surface area contributed by atoms with E-state index >= 15 is 0 Å². The number of halogens is 1. The van der Waals surface area contributed by atoms with E-state index in [1.165, 1.54) is 19.2 Å². The lowest BCUT2D eigenvalue weighted by Crippen LogP contribution is -2.00. The summed E-state index contributed by atoms with van der Waals surface area (Å²) < 4.78 is 18.4. The minimum Gasteiger partial charge on any atom is -0.497 e. The molecule has 0 radical (unpaired) electrons. The molecular formula is C11H11FO3. The van der Waals surface area contributed by atoms with Crippen molar-refractivity contribution in [1.29, 1.82) is 0 Å². The number of hydrogen-bond acceptors (Lipinski definition) is 2. The van der Waals surface area contributed by atoms with Gasteiger partial charge in [-0.15, -0.1) is 0 Å². The van der Waals surface area contributed by atoms with Crippen molar-refractivity contribution in [1.82, 2.24) is 0 Å². The monoisotopic (exact) mass is 210 g/mol. The van der Waals surface area contributed by atoms with Crippen molar-refractivity contribution in [3.8, 4) is 5.75 Å². The first-order valence-corrected chi connectivity index (χ1v) is 4.69. The van der Waals surface area contributed by atoms with Gasteiger partial charge in [-0.05, 0) is 30.2 Å². The summed E-state index contributed by atoms with van der Waals surface area (Å²) in [5.41, 5.74) is 0.446. The predicted octanol–water partition coefficient (Wildman–Crippen LogP) is 2.02. The molecule has 1 N–H and O–H groups in total. The number of aliphatic carboxylic acids is 1. The Labute approximate surface area is 86.5 Å². The molecule has 0 amide bonds. The van der Waals surface area contributed by atoms with Crippen LogP contribution in [0.5, 0.6) is 5.75 Å². The average Bonchev–Trinajstić information content (AvgIpc) is 2.98. The van der Waals surface area contributed by atoms with Crippen molar-refractivity contribution in [2.24, 2.45) is 5.92 Å². The molecule has 1 aliphatic rings. The average molecular weight is 210 g/mol. The smallest absolute Gasteiger partial charge is 0.307 e. The van der Waals surface area contributed by atoms with E-state index in [0.29, 0.717) is 17.7 Å². The largest absolute Gasteiger partial charge is 0.497 e. The molecule has 4 heteroatoms. The molecule has 15 heavy (non-hydrogen) atoms. The van der Waals surface area contributed by atoms with Gasteiger partial charge in [0, 0.05) is 5.92 Å². The number of hydrogen-bond donors (Lipinski definition) is 1. The van der Waals surface area contributed by atoms with Crippen molar-refractivity contribution >= 4 is 5.97 Å². The molecule has 1 aromatic carbocycles. The van der Waals surface area contributed by atoms with Crippen molar-refractivity contribution in [3.05, 3.63) is 29.6 Å². The highest BCUT2D eigenvalue weighted by Crippen LogP contribution is 2.48. The molecule has 0 saturated heterocycles. The number of carboxylic acids is 1. The summed E-state index contributed by atoms with van der Waals surface area (Å²) >= 11 is 0. The Morgan fingerprint density at radius 3 is 2.87 bits per heavy atom. The Morgan fingerprint density at radius 1 is 1.60 bits per heavy atom. The Bertz CT molecular complexity index is 403. The topological polar surface area (TPSA) is 46.5 Å². The zero-order valence-corrected chi connectivity index (χ0v) is 8.24. The molecule has 1 aromatic rings. The number of rotatable bonds is 3. The quantitative estimate of drug-likeness (QED) is 0.830. The number of methoxy groups -OCH3 is 1. The van der Waals surface area contributed by atoms with E-state index in [1.54, 1.807) is 6.07 Å². The first-order valence-electron chi connectivity index (χ1n) is 4.69. The number of carbonyl (C=O) groups is 1. The van der Waals surface area contributed by atoms with Crippen LogP contribution in [0.3, 0.4) is 0 Å². The Balaban J connectivity index is 2.25. The second-order valence-electron chi connectivity index (χ2n) is 3.67. The van der Waals surface area contributed by atoms with Crippen LogP contribution in [0.2, 0.25) is 0 Å². The highest BCUT2D eigenvalue weighted by molar-refractivity contribution is 5.75. The van der Waals surface area contributed by atoms with Crippen LogP contribution in [0.1, 0.15) is 17.9 Å². The van der Waals surface area contributed by atoms with E-state index in [4.69, 9.17) is 9.84 Å². The van der Waals surface area contributed by atoms with Crippen LogP contribution >= 0.6 is 0 Å².